The molecule has 0 atom stereocenters. The first-order valence-corrected chi connectivity index (χ1v) is 12.2. The van der Waals surface area contributed by atoms with Crippen molar-refractivity contribution in [1.82, 2.24) is 10.2 Å². The minimum atomic E-state index is -0.581. The zero-order valence-electron chi connectivity index (χ0n) is 21.0. The summed E-state index contributed by atoms with van der Waals surface area (Å²) in [4.78, 5) is 41.4. The Bertz CT molecular complexity index is 931. The Hall–Kier alpha value is -2.13. The minimum Gasteiger partial charge on any atom is -0.444 e. The van der Waals surface area contributed by atoms with Crippen molar-refractivity contribution in [2.45, 2.75) is 67.0 Å². The van der Waals surface area contributed by atoms with Crippen LogP contribution in [0.4, 0.5) is 9.80 Å². The summed E-state index contributed by atoms with van der Waals surface area (Å²) in [7, 11) is 1.58. The predicted octanol–water partition coefficient (Wildman–Crippen LogP) is 4.04. The lowest BCUT2D eigenvalue weighted by Crippen LogP contribution is -2.40. The number of anilines is 1. The number of nitrogens with zero attached hydrogens (tertiary/aromatic N) is 1. The third kappa shape index (κ3) is 5.04. The first kappa shape index (κ1) is 25.5. The fourth-order valence-corrected chi connectivity index (χ4v) is 5.87. The largest absolute Gasteiger partial charge is 0.444 e. The van der Waals surface area contributed by atoms with E-state index < -0.39 is 5.60 Å². The molecule has 184 valence electrons. The van der Waals surface area contributed by atoms with Gasteiger partial charge in [-0.2, -0.15) is 0 Å². The number of nitrogens with one attached hydrogen (secondary N) is 2. The van der Waals surface area contributed by atoms with Crippen LogP contribution >= 0.6 is 11.3 Å². The van der Waals surface area contributed by atoms with Crippen LogP contribution < -0.4 is 10.6 Å². The van der Waals surface area contributed by atoms with Gasteiger partial charge in [-0.15, -0.1) is 11.3 Å². The van der Waals surface area contributed by atoms with Gasteiger partial charge in [-0.1, -0.05) is 27.7 Å². The number of hydrogen-bond donors (Lipinski definition) is 2. The molecule has 0 radical (unpaired) electrons. The van der Waals surface area contributed by atoms with Crippen LogP contribution in [0, 0.1) is 16.7 Å². The second-order valence-corrected chi connectivity index (χ2v) is 12.1. The fourth-order valence-electron chi connectivity index (χ4n) is 4.60. The number of amides is 3. The Kier molecular flexibility index (Phi) is 6.88. The molecule has 0 saturated heterocycles. The fraction of sp³-hybridized carbons (Fsp3) is 0.708. The Morgan fingerprint density at radius 3 is 2.33 bits per heavy atom. The molecule has 2 heterocycles. The van der Waals surface area contributed by atoms with Gasteiger partial charge in [0.1, 0.15) is 10.6 Å². The molecule has 0 unspecified atom stereocenters. The van der Waals surface area contributed by atoms with Crippen LogP contribution in [0.15, 0.2) is 0 Å². The maximum absolute atomic E-state index is 13.1. The van der Waals surface area contributed by atoms with Crippen LogP contribution in [0.5, 0.6) is 0 Å². The number of carbonyl (C=O) groups is 3. The Labute approximate surface area is 200 Å². The van der Waals surface area contributed by atoms with Crippen LogP contribution in [0.25, 0.3) is 0 Å². The summed E-state index contributed by atoms with van der Waals surface area (Å²) in [5.41, 5.74) is 0.589. The molecule has 0 spiro atoms. The maximum atomic E-state index is 13.1. The van der Waals surface area contributed by atoms with Gasteiger partial charge in [-0.25, -0.2) is 4.79 Å². The van der Waals surface area contributed by atoms with Crippen molar-refractivity contribution in [3.05, 3.63) is 16.0 Å². The zero-order valence-corrected chi connectivity index (χ0v) is 21.8. The molecule has 3 amide bonds. The molecule has 0 aromatic carbocycles. The van der Waals surface area contributed by atoms with E-state index in [0.29, 0.717) is 43.2 Å². The summed E-state index contributed by atoms with van der Waals surface area (Å²) in [5, 5.41) is 6.47. The molecule has 1 fully saturated rings. The van der Waals surface area contributed by atoms with E-state index in [2.05, 4.69) is 38.3 Å². The van der Waals surface area contributed by atoms with Gasteiger partial charge in [0, 0.05) is 31.0 Å². The Morgan fingerprint density at radius 2 is 1.79 bits per heavy atom. The van der Waals surface area contributed by atoms with E-state index in [-0.39, 0.29) is 34.7 Å². The van der Waals surface area contributed by atoms with Gasteiger partial charge in [0.15, 0.2) is 0 Å². The molecule has 1 aromatic rings. The molecular formula is C24H37N3O5S. The van der Waals surface area contributed by atoms with Crippen molar-refractivity contribution < 1.29 is 23.9 Å². The van der Waals surface area contributed by atoms with Crippen molar-refractivity contribution in [2.75, 3.05) is 32.1 Å². The number of rotatable bonds is 6. The van der Waals surface area contributed by atoms with E-state index in [1.165, 1.54) is 11.3 Å². The topological polar surface area (TPSA) is 97.0 Å². The summed E-state index contributed by atoms with van der Waals surface area (Å²) >= 11 is 1.37. The first-order chi connectivity index (χ1) is 15.2. The Balaban J connectivity index is 1.86. The van der Waals surface area contributed by atoms with E-state index in [0.717, 1.165) is 10.4 Å². The number of ether oxygens (including phenoxy) is 2. The second kappa shape index (κ2) is 8.91. The minimum absolute atomic E-state index is 0.0708. The van der Waals surface area contributed by atoms with Crippen molar-refractivity contribution in [3.8, 4) is 0 Å². The molecule has 3 rings (SSSR count). The normalized spacial score (nSPS) is 19.0. The van der Waals surface area contributed by atoms with E-state index in [9.17, 15) is 14.4 Å². The molecule has 2 N–H and O–H groups in total. The van der Waals surface area contributed by atoms with Gasteiger partial charge in [-0.3, -0.25) is 9.59 Å². The average Bonchev–Trinajstić information content (AvgIpc) is 2.94. The van der Waals surface area contributed by atoms with Crippen LogP contribution in [0.1, 0.15) is 69.3 Å². The van der Waals surface area contributed by atoms with Gasteiger partial charge in [-0.05, 0) is 43.6 Å². The molecule has 1 aromatic heterocycles. The highest BCUT2D eigenvalue weighted by Crippen LogP contribution is 2.68. The summed E-state index contributed by atoms with van der Waals surface area (Å²) < 4.78 is 10.6. The third-order valence-electron chi connectivity index (χ3n) is 7.05. The molecular weight excluding hydrogens is 442 g/mol. The molecule has 0 bridgehead atoms. The number of carbonyl (C=O) groups excluding carboxylic acids is 3. The van der Waals surface area contributed by atoms with E-state index in [1.54, 1.807) is 12.0 Å². The van der Waals surface area contributed by atoms with Gasteiger partial charge in [0.2, 0.25) is 5.91 Å². The highest BCUT2D eigenvalue weighted by Gasteiger charge is 2.68. The predicted molar refractivity (Wildman–Crippen MR) is 129 cm³/mol. The van der Waals surface area contributed by atoms with Crippen molar-refractivity contribution in [1.29, 1.82) is 0 Å². The number of methoxy groups -OCH3 is 1. The van der Waals surface area contributed by atoms with Crippen LogP contribution in [0.2, 0.25) is 0 Å². The maximum Gasteiger partial charge on any atom is 0.410 e. The summed E-state index contributed by atoms with van der Waals surface area (Å²) in [5.74, 6) is -0.440. The SMILES string of the molecule is COCCNC(=O)c1c(NC(=O)C2C(C)(C)C2(C)C)sc2c1CCN(C(=O)OC(C)(C)C)C2. The second-order valence-electron chi connectivity index (χ2n) is 11.0. The first-order valence-electron chi connectivity index (χ1n) is 11.4. The molecule has 33 heavy (non-hydrogen) atoms. The van der Waals surface area contributed by atoms with Crippen LogP contribution in [-0.4, -0.2) is 55.2 Å². The standard InChI is InChI=1S/C24H37N3O5S/c1-22(2,3)32-21(30)27-11-9-14-15(13-27)33-20(16(14)18(28)25-10-12-31-8)26-19(29)17-23(4,5)24(17,6)7/h17H,9-13H2,1-8H3,(H,25,28)(H,26,29). The third-order valence-corrected chi connectivity index (χ3v) is 8.18. The van der Waals surface area contributed by atoms with Gasteiger partial charge >= 0.3 is 6.09 Å². The average molecular weight is 480 g/mol. The smallest absolute Gasteiger partial charge is 0.410 e. The molecule has 9 heteroatoms. The molecule has 8 nitrogen and oxygen atoms in total. The van der Waals surface area contributed by atoms with E-state index in [1.807, 2.05) is 20.8 Å². The molecule has 1 saturated carbocycles. The molecule has 1 aliphatic carbocycles. The summed E-state index contributed by atoms with van der Waals surface area (Å²) in [6.07, 6.45) is 0.147. The van der Waals surface area contributed by atoms with E-state index >= 15 is 0 Å². The molecule has 2 aliphatic rings. The van der Waals surface area contributed by atoms with Gasteiger partial charge in [0.05, 0.1) is 18.7 Å². The van der Waals surface area contributed by atoms with Crippen molar-refractivity contribution in [2.24, 2.45) is 16.7 Å². The lowest BCUT2D eigenvalue weighted by atomic mass is 10.0. The number of hydrogen-bond acceptors (Lipinski definition) is 6. The van der Waals surface area contributed by atoms with Crippen molar-refractivity contribution >= 4 is 34.2 Å². The quantitative estimate of drug-likeness (QED) is 0.600. The zero-order chi connectivity index (χ0) is 24.8. The highest BCUT2D eigenvalue weighted by atomic mass is 32.1. The van der Waals surface area contributed by atoms with Gasteiger partial charge < -0.3 is 25.0 Å². The Morgan fingerprint density at radius 1 is 1.15 bits per heavy atom. The summed E-state index contributed by atoms with van der Waals surface area (Å²) in [6.45, 7) is 15.4. The molecule has 1 aliphatic heterocycles. The summed E-state index contributed by atoms with van der Waals surface area (Å²) in [6, 6.07) is 0. The monoisotopic (exact) mass is 479 g/mol. The van der Waals surface area contributed by atoms with E-state index in [4.69, 9.17) is 9.47 Å². The highest BCUT2D eigenvalue weighted by molar-refractivity contribution is 7.17. The van der Waals surface area contributed by atoms with Crippen LogP contribution in [0.3, 0.4) is 0 Å². The number of fused-ring (bicyclic) bond motifs is 1. The van der Waals surface area contributed by atoms with Crippen LogP contribution in [-0.2, 0) is 27.2 Å². The van der Waals surface area contributed by atoms with Gasteiger partial charge in [0.25, 0.3) is 5.91 Å². The van der Waals surface area contributed by atoms with Crippen molar-refractivity contribution in [3.63, 3.8) is 0 Å². The number of thiophene rings is 1. The lowest BCUT2D eigenvalue weighted by molar-refractivity contribution is -0.118. The lowest BCUT2D eigenvalue weighted by Gasteiger charge is -2.30.